The Kier molecular flexibility index (Phi) is 6.05. The van der Waals surface area contributed by atoms with Crippen molar-refractivity contribution in [1.29, 1.82) is 0 Å². The van der Waals surface area contributed by atoms with Crippen LogP contribution in [0.3, 0.4) is 0 Å². The minimum atomic E-state index is -0.534. The van der Waals surface area contributed by atoms with Gasteiger partial charge in [-0.25, -0.2) is 0 Å². The smallest absolute Gasteiger partial charge is 0.292 e. The van der Waals surface area contributed by atoms with E-state index in [4.69, 9.17) is 17.0 Å². The molecule has 0 atom stereocenters. The van der Waals surface area contributed by atoms with E-state index in [0.29, 0.717) is 15.8 Å². The summed E-state index contributed by atoms with van der Waals surface area (Å²) in [6, 6.07) is 9.43. The largest absolute Gasteiger partial charge is 0.496 e. The van der Waals surface area contributed by atoms with E-state index in [1.54, 1.807) is 18.2 Å². The molecule has 2 aromatic rings. The third-order valence-electron chi connectivity index (χ3n) is 3.26. The van der Waals surface area contributed by atoms with Crippen LogP contribution in [0.5, 0.6) is 5.75 Å². The molecule has 0 fully saturated rings. The lowest BCUT2D eigenvalue weighted by molar-refractivity contribution is -0.383. The SMILES string of the molecule is COc1c(C)cc(Br)cc1C(=O)NC(=S)Nc1ccccc1[N+](=O)[O-]. The van der Waals surface area contributed by atoms with Crippen molar-refractivity contribution >= 4 is 50.5 Å². The number of carbonyl (C=O) groups excluding carboxylic acids is 1. The summed E-state index contributed by atoms with van der Waals surface area (Å²) in [7, 11) is 1.47. The predicted octanol–water partition coefficient (Wildman–Crippen LogP) is 3.80. The van der Waals surface area contributed by atoms with E-state index in [2.05, 4.69) is 26.6 Å². The van der Waals surface area contributed by atoms with E-state index in [0.717, 1.165) is 5.56 Å². The molecule has 2 rings (SSSR count). The number of nitro groups is 1. The van der Waals surface area contributed by atoms with E-state index in [1.165, 1.54) is 19.2 Å². The average Bonchev–Trinajstić information content (AvgIpc) is 2.54. The number of nitrogens with one attached hydrogen (secondary N) is 2. The minimum absolute atomic E-state index is 0.0565. The lowest BCUT2D eigenvalue weighted by Crippen LogP contribution is -2.34. The molecule has 0 heterocycles. The van der Waals surface area contributed by atoms with Crippen LogP contribution in [-0.2, 0) is 0 Å². The summed E-state index contributed by atoms with van der Waals surface area (Å²) in [5, 5.41) is 16.1. The number of thiocarbonyl (C=S) groups is 1. The second-order valence-electron chi connectivity index (χ2n) is 4.99. The van der Waals surface area contributed by atoms with Crippen LogP contribution in [0, 0.1) is 17.0 Å². The van der Waals surface area contributed by atoms with Crippen molar-refractivity contribution in [2.75, 3.05) is 12.4 Å². The van der Waals surface area contributed by atoms with Gasteiger partial charge < -0.3 is 10.1 Å². The molecule has 1 amide bonds. The molecule has 0 saturated carbocycles. The maximum atomic E-state index is 12.5. The molecule has 0 aromatic heterocycles. The van der Waals surface area contributed by atoms with Crippen molar-refractivity contribution in [1.82, 2.24) is 5.32 Å². The van der Waals surface area contributed by atoms with E-state index in [9.17, 15) is 14.9 Å². The molecule has 2 N–H and O–H groups in total. The monoisotopic (exact) mass is 423 g/mol. The first-order valence-corrected chi connectivity index (χ1v) is 8.23. The maximum Gasteiger partial charge on any atom is 0.292 e. The number of hydrogen-bond acceptors (Lipinski definition) is 5. The summed E-state index contributed by atoms with van der Waals surface area (Å²) in [6.07, 6.45) is 0. The molecular weight excluding hydrogens is 410 g/mol. The summed E-state index contributed by atoms with van der Waals surface area (Å²) in [5.41, 5.74) is 1.12. The van der Waals surface area contributed by atoms with Gasteiger partial charge in [0.2, 0.25) is 0 Å². The topological polar surface area (TPSA) is 93.5 Å². The van der Waals surface area contributed by atoms with Gasteiger partial charge in [0.05, 0.1) is 17.6 Å². The van der Waals surface area contributed by atoms with Crippen LogP contribution >= 0.6 is 28.1 Å². The number of aryl methyl sites for hydroxylation is 1. The Morgan fingerprint density at radius 3 is 2.64 bits per heavy atom. The summed E-state index contributed by atoms with van der Waals surface area (Å²) in [4.78, 5) is 23.0. The Morgan fingerprint density at radius 2 is 2.00 bits per heavy atom. The number of nitrogens with zero attached hydrogens (tertiary/aromatic N) is 1. The van der Waals surface area contributed by atoms with Crippen molar-refractivity contribution < 1.29 is 14.5 Å². The molecule has 0 spiro atoms. The first kappa shape index (κ1) is 18.8. The number of ether oxygens (including phenoxy) is 1. The molecule has 0 aliphatic heterocycles. The fourth-order valence-corrected chi connectivity index (χ4v) is 3.01. The van der Waals surface area contributed by atoms with E-state index in [-0.39, 0.29) is 16.5 Å². The Labute approximate surface area is 157 Å². The van der Waals surface area contributed by atoms with Gasteiger partial charge in [0.1, 0.15) is 11.4 Å². The van der Waals surface area contributed by atoms with E-state index in [1.807, 2.05) is 13.0 Å². The van der Waals surface area contributed by atoms with Crippen molar-refractivity contribution in [3.8, 4) is 5.75 Å². The summed E-state index contributed by atoms with van der Waals surface area (Å²) in [6.45, 7) is 1.81. The maximum absolute atomic E-state index is 12.5. The number of anilines is 1. The van der Waals surface area contributed by atoms with Crippen LogP contribution < -0.4 is 15.4 Å². The summed E-state index contributed by atoms with van der Waals surface area (Å²) < 4.78 is 5.98. The number of para-hydroxylation sites is 2. The van der Waals surface area contributed by atoms with Gasteiger partial charge in [-0.2, -0.15) is 0 Å². The van der Waals surface area contributed by atoms with Gasteiger partial charge in [-0.3, -0.25) is 20.2 Å². The van der Waals surface area contributed by atoms with Gasteiger partial charge in [0, 0.05) is 10.5 Å². The van der Waals surface area contributed by atoms with E-state index < -0.39 is 10.8 Å². The quantitative estimate of drug-likeness (QED) is 0.441. The molecule has 0 aliphatic rings. The van der Waals surface area contributed by atoms with Gasteiger partial charge >= 0.3 is 0 Å². The molecule has 7 nitrogen and oxygen atoms in total. The zero-order valence-corrected chi connectivity index (χ0v) is 15.7. The molecule has 0 unspecified atom stereocenters. The highest BCUT2D eigenvalue weighted by molar-refractivity contribution is 9.10. The van der Waals surface area contributed by atoms with Crippen LogP contribution in [0.1, 0.15) is 15.9 Å². The summed E-state index contributed by atoms with van der Waals surface area (Å²) >= 11 is 8.42. The number of carbonyl (C=O) groups is 1. The normalized spacial score (nSPS) is 10.0. The number of halogens is 1. The molecule has 0 saturated heterocycles. The van der Waals surface area contributed by atoms with Crippen LogP contribution in [0.2, 0.25) is 0 Å². The summed E-state index contributed by atoms with van der Waals surface area (Å²) in [5.74, 6) is -0.0634. The van der Waals surface area contributed by atoms with Crippen LogP contribution in [-0.4, -0.2) is 23.1 Å². The minimum Gasteiger partial charge on any atom is -0.496 e. The lowest BCUT2D eigenvalue weighted by Gasteiger charge is -2.13. The zero-order chi connectivity index (χ0) is 18.6. The first-order valence-electron chi connectivity index (χ1n) is 7.03. The van der Waals surface area contributed by atoms with Crippen molar-refractivity contribution in [2.45, 2.75) is 6.92 Å². The van der Waals surface area contributed by atoms with Gasteiger partial charge in [0.25, 0.3) is 11.6 Å². The van der Waals surface area contributed by atoms with Gasteiger partial charge in [-0.1, -0.05) is 28.1 Å². The average molecular weight is 424 g/mol. The third-order valence-corrected chi connectivity index (χ3v) is 3.93. The number of rotatable bonds is 4. The number of amides is 1. The first-order chi connectivity index (χ1) is 11.8. The molecule has 25 heavy (non-hydrogen) atoms. The molecule has 0 radical (unpaired) electrons. The van der Waals surface area contributed by atoms with Crippen LogP contribution in [0.15, 0.2) is 40.9 Å². The molecular formula is C16H14BrN3O4S. The Morgan fingerprint density at radius 1 is 1.32 bits per heavy atom. The highest BCUT2D eigenvalue weighted by Gasteiger charge is 2.18. The van der Waals surface area contributed by atoms with Crippen molar-refractivity contribution in [2.24, 2.45) is 0 Å². The Hall–Kier alpha value is -2.52. The standard InChI is InChI=1S/C16H14BrN3O4S/c1-9-7-10(17)8-11(14(9)24-2)15(21)19-16(25)18-12-5-3-4-6-13(12)20(22)23/h3-8H,1-2H3,(H2,18,19,21,25). The predicted molar refractivity (Wildman–Crippen MR) is 102 cm³/mol. The van der Waals surface area contributed by atoms with Gasteiger partial charge in [-0.15, -0.1) is 0 Å². The zero-order valence-electron chi connectivity index (χ0n) is 13.3. The van der Waals surface area contributed by atoms with Gasteiger partial charge in [0.15, 0.2) is 5.11 Å². The highest BCUT2D eigenvalue weighted by atomic mass is 79.9. The molecule has 0 bridgehead atoms. The number of benzene rings is 2. The van der Waals surface area contributed by atoms with Crippen molar-refractivity contribution in [3.63, 3.8) is 0 Å². The fraction of sp³-hybridized carbons (Fsp3) is 0.125. The molecule has 2 aromatic carbocycles. The Bertz CT molecular complexity index is 857. The molecule has 130 valence electrons. The number of nitro benzene ring substituents is 1. The number of hydrogen-bond donors (Lipinski definition) is 2. The fourth-order valence-electron chi connectivity index (χ4n) is 2.23. The third kappa shape index (κ3) is 4.52. The number of methoxy groups -OCH3 is 1. The molecule has 9 heteroatoms. The van der Waals surface area contributed by atoms with Gasteiger partial charge in [-0.05, 0) is 42.9 Å². The van der Waals surface area contributed by atoms with E-state index >= 15 is 0 Å². The highest BCUT2D eigenvalue weighted by Crippen LogP contribution is 2.28. The van der Waals surface area contributed by atoms with Crippen molar-refractivity contribution in [3.05, 3.63) is 62.1 Å². The second-order valence-corrected chi connectivity index (χ2v) is 6.31. The van der Waals surface area contributed by atoms with Crippen LogP contribution in [0.25, 0.3) is 0 Å². The Balaban J connectivity index is 2.20. The second kappa shape index (κ2) is 8.04. The lowest BCUT2D eigenvalue weighted by atomic mass is 10.1. The molecule has 0 aliphatic carbocycles. The van der Waals surface area contributed by atoms with Crippen LogP contribution in [0.4, 0.5) is 11.4 Å².